The Labute approximate surface area is 143 Å². The SMILES string of the molecule is COCCc1noc(CN(C)C(=O)c2ccc3cccc(F)c3n2)n1. The zero-order chi connectivity index (χ0) is 17.8. The van der Waals surface area contributed by atoms with Crippen molar-refractivity contribution in [1.29, 1.82) is 0 Å². The standard InChI is InChI=1S/C17H17FN4O3/c1-22(10-15-20-14(21-25-15)8-9-24-2)17(23)13-7-6-11-4-3-5-12(18)16(11)19-13/h3-7H,8-10H2,1-2H3. The molecule has 0 fully saturated rings. The molecule has 0 saturated heterocycles. The first-order valence-electron chi connectivity index (χ1n) is 7.69. The number of para-hydroxylation sites is 1. The van der Waals surface area contributed by atoms with E-state index < -0.39 is 5.82 Å². The predicted octanol–water partition coefficient (Wildman–Crippen LogP) is 2.22. The van der Waals surface area contributed by atoms with Crippen LogP contribution in [0.25, 0.3) is 10.9 Å². The van der Waals surface area contributed by atoms with Gasteiger partial charge in [0.25, 0.3) is 5.91 Å². The quantitative estimate of drug-likeness (QED) is 0.682. The summed E-state index contributed by atoms with van der Waals surface area (Å²) in [4.78, 5) is 22.2. The highest BCUT2D eigenvalue weighted by Gasteiger charge is 2.17. The summed E-state index contributed by atoms with van der Waals surface area (Å²) in [7, 11) is 3.18. The van der Waals surface area contributed by atoms with Gasteiger partial charge < -0.3 is 14.2 Å². The molecule has 3 aromatic rings. The zero-order valence-corrected chi connectivity index (χ0v) is 13.9. The minimum Gasteiger partial charge on any atom is -0.384 e. The molecule has 0 radical (unpaired) electrons. The Bertz CT molecular complexity index is 896. The molecule has 0 bridgehead atoms. The van der Waals surface area contributed by atoms with Gasteiger partial charge in [-0.05, 0) is 12.1 Å². The molecule has 0 spiro atoms. The van der Waals surface area contributed by atoms with Crippen LogP contribution in [0, 0.1) is 5.82 Å². The van der Waals surface area contributed by atoms with E-state index in [-0.39, 0.29) is 23.7 Å². The van der Waals surface area contributed by atoms with Crippen LogP contribution in [-0.4, -0.2) is 46.7 Å². The fraction of sp³-hybridized carbons (Fsp3) is 0.294. The summed E-state index contributed by atoms with van der Waals surface area (Å²) >= 11 is 0. The number of carbonyl (C=O) groups excluding carboxylic acids is 1. The van der Waals surface area contributed by atoms with Crippen LogP contribution in [0.3, 0.4) is 0 Å². The maximum absolute atomic E-state index is 13.9. The normalized spacial score (nSPS) is 11.0. The molecule has 8 heteroatoms. The number of methoxy groups -OCH3 is 1. The van der Waals surface area contributed by atoms with Crippen molar-refractivity contribution < 1.29 is 18.4 Å². The number of benzene rings is 1. The first kappa shape index (κ1) is 17.0. The highest BCUT2D eigenvalue weighted by molar-refractivity contribution is 5.94. The van der Waals surface area contributed by atoms with E-state index in [9.17, 15) is 9.18 Å². The molecule has 1 amide bonds. The number of rotatable bonds is 6. The van der Waals surface area contributed by atoms with Crippen LogP contribution >= 0.6 is 0 Å². The van der Waals surface area contributed by atoms with Crippen molar-refractivity contribution in [2.24, 2.45) is 0 Å². The Morgan fingerprint density at radius 3 is 2.92 bits per heavy atom. The lowest BCUT2D eigenvalue weighted by atomic mass is 10.2. The zero-order valence-electron chi connectivity index (χ0n) is 13.9. The molecule has 130 valence electrons. The Kier molecular flexibility index (Phi) is 4.99. The Morgan fingerprint density at radius 2 is 2.12 bits per heavy atom. The number of hydrogen-bond acceptors (Lipinski definition) is 6. The molecule has 25 heavy (non-hydrogen) atoms. The van der Waals surface area contributed by atoms with E-state index >= 15 is 0 Å². The third-order valence-corrected chi connectivity index (χ3v) is 3.65. The summed E-state index contributed by atoms with van der Waals surface area (Å²) < 4.78 is 23.9. The van der Waals surface area contributed by atoms with Gasteiger partial charge >= 0.3 is 0 Å². The van der Waals surface area contributed by atoms with Crippen molar-refractivity contribution >= 4 is 16.8 Å². The number of carbonyl (C=O) groups is 1. The first-order valence-corrected chi connectivity index (χ1v) is 7.69. The molecule has 0 aliphatic carbocycles. The van der Waals surface area contributed by atoms with Crippen LogP contribution in [0.15, 0.2) is 34.9 Å². The fourth-order valence-electron chi connectivity index (χ4n) is 2.35. The second-order valence-electron chi connectivity index (χ2n) is 5.52. The van der Waals surface area contributed by atoms with Crippen LogP contribution in [0.1, 0.15) is 22.2 Å². The van der Waals surface area contributed by atoms with Gasteiger partial charge in [0.2, 0.25) is 5.89 Å². The van der Waals surface area contributed by atoms with Crippen molar-refractivity contribution in [3.63, 3.8) is 0 Å². The molecule has 2 heterocycles. The number of aromatic nitrogens is 3. The van der Waals surface area contributed by atoms with Crippen LogP contribution in [0.2, 0.25) is 0 Å². The maximum Gasteiger partial charge on any atom is 0.272 e. The molecule has 0 saturated carbocycles. The topological polar surface area (TPSA) is 81.4 Å². The van der Waals surface area contributed by atoms with E-state index in [0.29, 0.717) is 30.1 Å². The van der Waals surface area contributed by atoms with Gasteiger partial charge in [-0.15, -0.1) is 0 Å². The summed E-state index contributed by atoms with van der Waals surface area (Å²) in [6.07, 6.45) is 0.531. The van der Waals surface area contributed by atoms with Crippen LogP contribution in [0.4, 0.5) is 4.39 Å². The second kappa shape index (κ2) is 7.35. The minimum absolute atomic E-state index is 0.135. The molecule has 0 atom stereocenters. The third-order valence-electron chi connectivity index (χ3n) is 3.65. The minimum atomic E-state index is -0.463. The van der Waals surface area contributed by atoms with Gasteiger partial charge in [0.15, 0.2) is 5.82 Å². The number of pyridine rings is 1. The van der Waals surface area contributed by atoms with E-state index in [0.717, 1.165) is 0 Å². The number of amides is 1. The Balaban J connectivity index is 1.74. The van der Waals surface area contributed by atoms with E-state index in [4.69, 9.17) is 9.26 Å². The van der Waals surface area contributed by atoms with Gasteiger partial charge in [0.1, 0.15) is 23.6 Å². The third kappa shape index (κ3) is 3.80. The van der Waals surface area contributed by atoms with Crippen molar-refractivity contribution in [3.8, 4) is 0 Å². The van der Waals surface area contributed by atoms with Crippen LogP contribution < -0.4 is 0 Å². The lowest BCUT2D eigenvalue weighted by molar-refractivity contribution is 0.0764. The van der Waals surface area contributed by atoms with E-state index in [1.807, 2.05) is 0 Å². The molecule has 0 aliphatic rings. The molecule has 0 unspecified atom stereocenters. The van der Waals surface area contributed by atoms with Crippen molar-refractivity contribution in [2.75, 3.05) is 20.8 Å². The van der Waals surface area contributed by atoms with E-state index in [1.54, 1.807) is 38.4 Å². The summed E-state index contributed by atoms with van der Waals surface area (Å²) in [6, 6.07) is 7.89. The van der Waals surface area contributed by atoms with Crippen molar-refractivity contribution in [1.82, 2.24) is 20.0 Å². The number of nitrogens with zero attached hydrogens (tertiary/aromatic N) is 4. The Hall–Kier alpha value is -2.87. The first-order chi connectivity index (χ1) is 12.1. The second-order valence-corrected chi connectivity index (χ2v) is 5.52. The molecule has 0 N–H and O–H groups in total. The van der Waals surface area contributed by atoms with E-state index in [2.05, 4.69) is 15.1 Å². The lowest BCUT2D eigenvalue weighted by Crippen LogP contribution is -2.27. The molecule has 2 aromatic heterocycles. The maximum atomic E-state index is 13.9. The molecular formula is C17H17FN4O3. The smallest absolute Gasteiger partial charge is 0.272 e. The fourth-order valence-corrected chi connectivity index (χ4v) is 2.35. The van der Waals surface area contributed by atoms with Crippen molar-refractivity contribution in [2.45, 2.75) is 13.0 Å². The van der Waals surface area contributed by atoms with E-state index in [1.165, 1.54) is 11.0 Å². The predicted molar refractivity (Wildman–Crippen MR) is 87.4 cm³/mol. The Morgan fingerprint density at radius 1 is 1.28 bits per heavy atom. The number of ether oxygens (including phenoxy) is 1. The number of fused-ring (bicyclic) bond motifs is 1. The summed E-state index contributed by atoms with van der Waals surface area (Å²) in [5, 5.41) is 4.46. The average molecular weight is 344 g/mol. The van der Waals surface area contributed by atoms with Gasteiger partial charge in [-0.1, -0.05) is 23.4 Å². The van der Waals surface area contributed by atoms with Gasteiger partial charge in [-0.2, -0.15) is 4.98 Å². The molecule has 1 aromatic carbocycles. The molecule has 0 aliphatic heterocycles. The molecular weight excluding hydrogens is 327 g/mol. The molecule has 7 nitrogen and oxygen atoms in total. The van der Waals surface area contributed by atoms with Gasteiger partial charge in [-0.25, -0.2) is 9.37 Å². The number of halogens is 1. The van der Waals surface area contributed by atoms with Crippen LogP contribution in [0.5, 0.6) is 0 Å². The summed E-state index contributed by atoms with van der Waals surface area (Å²) in [6.45, 7) is 0.621. The summed E-state index contributed by atoms with van der Waals surface area (Å²) in [5.41, 5.74) is 0.320. The molecule has 3 rings (SSSR count). The van der Waals surface area contributed by atoms with Crippen molar-refractivity contribution in [3.05, 3.63) is 53.6 Å². The van der Waals surface area contributed by atoms with Gasteiger partial charge in [0, 0.05) is 26.0 Å². The lowest BCUT2D eigenvalue weighted by Gasteiger charge is -2.14. The van der Waals surface area contributed by atoms with Gasteiger partial charge in [-0.3, -0.25) is 4.79 Å². The number of hydrogen-bond donors (Lipinski definition) is 0. The average Bonchev–Trinajstić information content (AvgIpc) is 3.06. The largest absolute Gasteiger partial charge is 0.384 e. The van der Waals surface area contributed by atoms with Crippen LogP contribution in [-0.2, 0) is 17.7 Å². The monoisotopic (exact) mass is 344 g/mol. The highest BCUT2D eigenvalue weighted by atomic mass is 19.1. The van der Waals surface area contributed by atoms with Gasteiger partial charge in [0.05, 0.1) is 6.61 Å². The highest BCUT2D eigenvalue weighted by Crippen LogP contribution is 2.17. The summed E-state index contributed by atoms with van der Waals surface area (Å²) in [5.74, 6) is 0.00815.